The van der Waals surface area contributed by atoms with Gasteiger partial charge in [0.05, 0.1) is 48.2 Å². The molecule has 9 rings (SSSR count). The van der Waals surface area contributed by atoms with Gasteiger partial charge in [-0.25, -0.2) is 14.4 Å². The second-order valence-electron chi connectivity index (χ2n) is 11.1. The van der Waals surface area contributed by atoms with Crippen LogP contribution >= 0.6 is 0 Å². The number of carbonyl (C=O) groups excluding carboxylic acids is 3. The number of hydrogen-bond donors (Lipinski definition) is 1. The summed E-state index contributed by atoms with van der Waals surface area (Å²) >= 11 is 0. The van der Waals surface area contributed by atoms with Crippen LogP contribution in [0.3, 0.4) is 0 Å². The van der Waals surface area contributed by atoms with Gasteiger partial charge in [-0.2, -0.15) is 0 Å². The van der Waals surface area contributed by atoms with Gasteiger partial charge >= 0.3 is 17.9 Å². The largest absolute Gasteiger partial charge is 0.462 e. The van der Waals surface area contributed by atoms with E-state index in [2.05, 4.69) is 6.08 Å². The first-order chi connectivity index (χ1) is 18.4. The fourth-order valence-corrected chi connectivity index (χ4v) is 8.31. The minimum atomic E-state index is -1.46. The van der Waals surface area contributed by atoms with Gasteiger partial charge in [-0.05, 0) is 53.2 Å². The maximum atomic E-state index is 12.9. The number of carbonyl (C=O) groups is 3. The SMILES string of the molecule is C[C@H]1O[C@@H]2C[C@H]3[C@H]4C5=C(C(=O)OCC5=C[C@]13C1=C2C(=O)OCC1)[C@@H](O)O[C@@H]4c1cccc2c1CCOC2=O. The number of rotatable bonds is 1. The van der Waals surface area contributed by atoms with E-state index in [9.17, 15) is 19.5 Å². The molecule has 6 heterocycles. The molecule has 1 aromatic carbocycles. The van der Waals surface area contributed by atoms with Crippen molar-refractivity contribution in [2.75, 3.05) is 19.8 Å². The average molecular weight is 519 g/mol. The molecule has 38 heavy (non-hydrogen) atoms. The Balaban J connectivity index is 1.39. The number of aliphatic hydroxyl groups excluding tert-OH is 1. The van der Waals surface area contributed by atoms with Gasteiger partial charge in [0.1, 0.15) is 6.61 Å². The van der Waals surface area contributed by atoms with Gasteiger partial charge in [0.25, 0.3) is 0 Å². The highest BCUT2D eigenvalue weighted by molar-refractivity contribution is 5.95. The number of ether oxygens (including phenoxy) is 5. The van der Waals surface area contributed by atoms with Crippen molar-refractivity contribution in [2.24, 2.45) is 17.3 Å². The third-order valence-corrected chi connectivity index (χ3v) is 9.66. The van der Waals surface area contributed by atoms with Crippen LogP contribution in [0.25, 0.3) is 0 Å². The predicted molar refractivity (Wildman–Crippen MR) is 127 cm³/mol. The molecule has 9 heteroatoms. The number of aliphatic hydroxyl groups is 1. The van der Waals surface area contributed by atoms with E-state index in [0.717, 1.165) is 27.8 Å². The first-order valence-corrected chi connectivity index (χ1v) is 13.2. The van der Waals surface area contributed by atoms with Crippen LogP contribution in [0.5, 0.6) is 0 Å². The molecule has 1 saturated heterocycles. The van der Waals surface area contributed by atoms with Crippen molar-refractivity contribution >= 4 is 17.9 Å². The topological polar surface area (TPSA) is 118 Å². The fourth-order valence-electron chi connectivity index (χ4n) is 8.31. The zero-order valence-electron chi connectivity index (χ0n) is 20.7. The predicted octanol–water partition coefficient (Wildman–Crippen LogP) is 2.24. The van der Waals surface area contributed by atoms with Crippen LogP contribution in [0.15, 0.2) is 52.1 Å². The molecule has 8 aliphatic rings. The van der Waals surface area contributed by atoms with E-state index in [1.165, 1.54) is 0 Å². The van der Waals surface area contributed by atoms with Crippen LogP contribution in [0.2, 0.25) is 0 Å². The van der Waals surface area contributed by atoms with Crippen molar-refractivity contribution in [1.29, 1.82) is 0 Å². The Morgan fingerprint density at radius 2 is 1.71 bits per heavy atom. The van der Waals surface area contributed by atoms with Gasteiger partial charge < -0.3 is 28.8 Å². The highest BCUT2D eigenvalue weighted by Gasteiger charge is 2.65. The van der Waals surface area contributed by atoms with Crippen molar-refractivity contribution in [3.8, 4) is 0 Å². The lowest BCUT2D eigenvalue weighted by molar-refractivity contribution is -0.195. The summed E-state index contributed by atoms with van der Waals surface area (Å²) in [5, 5.41) is 11.1. The molecule has 2 aliphatic carbocycles. The minimum absolute atomic E-state index is 0.0653. The van der Waals surface area contributed by atoms with E-state index in [0.29, 0.717) is 37.0 Å². The molecule has 0 radical (unpaired) electrons. The summed E-state index contributed by atoms with van der Waals surface area (Å²) in [6.45, 7) is 2.70. The van der Waals surface area contributed by atoms with Crippen molar-refractivity contribution in [1.82, 2.24) is 0 Å². The molecule has 0 saturated carbocycles. The molecule has 7 atom stereocenters. The molecule has 0 unspecified atom stereocenters. The maximum Gasteiger partial charge on any atom is 0.339 e. The van der Waals surface area contributed by atoms with Crippen molar-refractivity contribution in [3.63, 3.8) is 0 Å². The van der Waals surface area contributed by atoms with Crippen LogP contribution in [0.1, 0.15) is 47.4 Å². The second kappa shape index (κ2) is 7.65. The summed E-state index contributed by atoms with van der Waals surface area (Å²) < 4.78 is 28.9. The zero-order valence-corrected chi connectivity index (χ0v) is 20.7. The van der Waals surface area contributed by atoms with Gasteiger partial charge in [-0.3, -0.25) is 0 Å². The molecular formula is C29H26O9. The Morgan fingerprint density at radius 3 is 2.58 bits per heavy atom. The zero-order chi connectivity index (χ0) is 25.9. The molecule has 1 N–H and O–H groups in total. The van der Waals surface area contributed by atoms with E-state index >= 15 is 0 Å². The lowest BCUT2D eigenvalue weighted by atomic mass is 9.47. The number of benzene rings is 1. The summed E-state index contributed by atoms with van der Waals surface area (Å²) in [6.07, 6.45) is 1.12. The van der Waals surface area contributed by atoms with Crippen LogP contribution in [0, 0.1) is 17.3 Å². The molecule has 2 bridgehead atoms. The molecule has 1 spiro atoms. The Kier molecular flexibility index (Phi) is 4.57. The quantitative estimate of drug-likeness (QED) is 0.441. The average Bonchev–Trinajstić information content (AvgIpc) is 2.91. The highest BCUT2D eigenvalue weighted by Crippen LogP contribution is 2.66. The van der Waals surface area contributed by atoms with Gasteiger partial charge in [0, 0.05) is 24.2 Å². The van der Waals surface area contributed by atoms with Crippen LogP contribution in [0.4, 0.5) is 0 Å². The Labute approximate surface area is 218 Å². The van der Waals surface area contributed by atoms with Gasteiger partial charge in [-0.15, -0.1) is 0 Å². The van der Waals surface area contributed by atoms with Gasteiger partial charge in [-0.1, -0.05) is 18.2 Å². The molecule has 6 aliphatic heterocycles. The number of esters is 3. The van der Waals surface area contributed by atoms with Gasteiger partial charge in [0.2, 0.25) is 0 Å². The smallest absolute Gasteiger partial charge is 0.339 e. The minimum Gasteiger partial charge on any atom is -0.462 e. The molecule has 0 amide bonds. The lowest BCUT2D eigenvalue weighted by Gasteiger charge is -2.62. The van der Waals surface area contributed by atoms with Crippen LogP contribution in [-0.4, -0.2) is 61.3 Å². The van der Waals surface area contributed by atoms with E-state index in [4.69, 9.17) is 23.7 Å². The maximum absolute atomic E-state index is 12.9. The van der Waals surface area contributed by atoms with Gasteiger partial charge in [0.15, 0.2) is 6.29 Å². The fraction of sp³-hybridized carbons (Fsp3) is 0.483. The van der Waals surface area contributed by atoms with E-state index < -0.39 is 29.9 Å². The summed E-state index contributed by atoms with van der Waals surface area (Å²) in [6, 6.07) is 5.50. The first kappa shape index (κ1) is 22.7. The molecule has 0 aromatic heterocycles. The Bertz CT molecular complexity index is 1430. The highest BCUT2D eigenvalue weighted by atomic mass is 16.6. The lowest BCUT2D eigenvalue weighted by Crippen LogP contribution is -2.62. The van der Waals surface area contributed by atoms with Crippen LogP contribution < -0.4 is 0 Å². The van der Waals surface area contributed by atoms with Crippen molar-refractivity contribution < 1.29 is 43.2 Å². The monoisotopic (exact) mass is 518 g/mol. The van der Waals surface area contributed by atoms with E-state index in [-0.39, 0.29) is 48.7 Å². The molecule has 196 valence electrons. The number of fused-ring (bicyclic) bond motifs is 2. The Hall–Kier alpha value is -3.27. The summed E-state index contributed by atoms with van der Waals surface area (Å²) in [7, 11) is 0. The standard InChI is InChI=1S/C29H26O9/c1-12-29-10-13-11-36-27(32)23-20(13)22(18(29)9-19(37-12)21-17(29)6-8-35-26(21)31)24(38-28(23)33)15-3-2-4-16-14(15)5-7-34-25(16)30/h2-4,10,12,18-19,22,24,28,33H,5-9,11H2,1H3/t12-,18+,19-,22+,24-,28+,29-/m1/s1. The van der Waals surface area contributed by atoms with Crippen LogP contribution in [-0.2, 0) is 39.7 Å². The Morgan fingerprint density at radius 1 is 0.921 bits per heavy atom. The normalized spacial score (nSPS) is 38.8. The van der Waals surface area contributed by atoms with Crippen molar-refractivity contribution in [2.45, 2.75) is 50.8 Å². The molecule has 1 fully saturated rings. The number of cyclic esters (lactones) is 3. The molecular weight excluding hydrogens is 492 g/mol. The number of hydrogen-bond acceptors (Lipinski definition) is 9. The summed E-state index contributed by atoms with van der Waals surface area (Å²) in [4.78, 5) is 38.4. The van der Waals surface area contributed by atoms with E-state index in [1.54, 1.807) is 12.1 Å². The summed E-state index contributed by atoms with van der Waals surface area (Å²) in [5.41, 5.74) is 4.96. The summed E-state index contributed by atoms with van der Waals surface area (Å²) in [5.74, 6) is -1.65. The third kappa shape index (κ3) is 2.69. The van der Waals surface area contributed by atoms with Crippen molar-refractivity contribution in [3.05, 3.63) is 68.8 Å². The first-order valence-electron chi connectivity index (χ1n) is 13.2. The second-order valence-corrected chi connectivity index (χ2v) is 11.1. The third-order valence-electron chi connectivity index (χ3n) is 9.66. The molecule has 9 nitrogen and oxygen atoms in total. The van der Waals surface area contributed by atoms with E-state index in [1.807, 2.05) is 13.0 Å². The molecule has 1 aromatic rings.